The molecule has 0 unspecified atom stereocenters. The van der Waals surface area contributed by atoms with E-state index in [4.69, 9.17) is 0 Å². The molecule has 0 spiro atoms. The van der Waals surface area contributed by atoms with E-state index >= 15 is 0 Å². The van der Waals surface area contributed by atoms with Crippen LogP contribution in [0.2, 0.25) is 0 Å². The van der Waals surface area contributed by atoms with Gasteiger partial charge in [-0.25, -0.2) is 0 Å². The maximum atomic E-state index is 12.1. The van der Waals surface area contributed by atoms with Gasteiger partial charge in [0.2, 0.25) is 0 Å². The molecule has 0 atom stereocenters. The third kappa shape index (κ3) is 3.40. The molecule has 0 amide bonds. The topological polar surface area (TPSA) is 46.5 Å². The highest BCUT2D eigenvalue weighted by molar-refractivity contribution is 7.90. The molecule has 0 radical (unpaired) electrons. The molecular weight excluding hydrogens is 234 g/mol. The molecule has 94 valence electrons. The fraction of sp³-hybridized carbons (Fsp3) is 0.462. The molecule has 3 nitrogen and oxygen atoms in total. The Balaban J connectivity index is 3.35. The lowest BCUT2D eigenvalue weighted by Crippen LogP contribution is -2.04. The summed E-state index contributed by atoms with van der Waals surface area (Å²) in [6, 6.07) is 3.73. The summed E-state index contributed by atoms with van der Waals surface area (Å²) in [4.78, 5) is 0.333. The van der Waals surface area contributed by atoms with Crippen LogP contribution in [0.1, 0.15) is 30.5 Å². The summed E-state index contributed by atoms with van der Waals surface area (Å²) in [5, 5.41) is 0. The zero-order chi connectivity index (χ0) is 13.2. The van der Waals surface area contributed by atoms with E-state index in [1.165, 1.54) is 6.21 Å². The summed E-state index contributed by atoms with van der Waals surface area (Å²) in [6.45, 7) is 9.35. The number of hydrogen-bond acceptors (Lipinski definition) is 2. The highest BCUT2D eigenvalue weighted by atomic mass is 32.2. The van der Waals surface area contributed by atoms with Crippen LogP contribution >= 0.6 is 0 Å². The Bertz CT molecular complexity index is 520. The van der Waals surface area contributed by atoms with Crippen LogP contribution in [-0.2, 0) is 10.0 Å². The molecule has 1 aromatic rings. The number of aryl methyl sites for hydroxylation is 3. The minimum absolute atomic E-state index is 0.121. The Morgan fingerprint density at radius 2 is 1.59 bits per heavy atom. The number of nitrogens with zero attached hydrogens (tertiary/aromatic N) is 1. The van der Waals surface area contributed by atoms with E-state index in [-0.39, 0.29) is 5.92 Å². The molecule has 0 saturated heterocycles. The first-order valence-electron chi connectivity index (χ1n) is 5.62. The number of benzene rings is 1. The predicted molar refractivity (Wildman–Crippen MR) is 71.2 cm³/mol. The van der Waals surface area contributed by atoms with E-state index < -0.39 is 10.0 Å². The normalized spacial score (nSPS) is 12.6. The van der Waals surface area contributed by atoms with Crippen LogP contribution in [0.3, 0.4) is 0 Å². The third-order valence-corrected chi connectivity index (χ3v) is 3.92. The van der Waals surface area contributed by atoms with E-state index in [0.29, 0.717) is 4.90 Å². The summed E-state index contributed by atoms with van der Waals surface area (Å²) in [5.41, 5.74) is 2.57. The molecule has 1 aromatic carbocycles. The van der Waals surface area contributed by atoms with Gasteiger partial charge in [0.1, 0.15) is 0 Å². The SMILES string of the molecule is Cc1cc(C)c(S(=O)(=O)N=CC(C)C)c(C)c1. The van der Waals surface area contributed by atoms with E-state index in [1.54, 1.807) is 13.8 Å². The predicted octanol–water partition coefficient (Wildman–Crippen LogP) is 3.03. The van der Waals surface area contributed by atoms with Gasteiger partial charge in [0.15, 0.2) is 0 Å². The average molecular weight is 253 g/mol. The lowest BCUT2D eigenvalue weighted by Gasteiger charge is -2.09. The molecule has 0 bridgehead atoms. The second-order valence-electron chi connectivity index (χ2n) is 4.70. The molecular formula is C13H19NO2S. The molecule has 0 aliphatic heterocycles. The van der Waals surface area contributed by atoms with Crippen molar-refractivity contribution in [3.63, 3.8) is 0 Å². The molecule has 0 fully saturated rings. The first-order chi connectivity index (χ1) is 7.74. The minimum Gasteiger partial charge on any atom is -0.199 e. The van der Waals surface area contributed by atoms with Crippen LogP contribution in [0.15, 0.2) is 21.4 Å². The van der Waals surface area contributed by atoms with Crippen molar-refractivity contribution in [1.82, 2.24) is 0 Å². The molecule has 0 aliphatic carbocycles. The van der Waals surface area contributed by atoms with Gasteiger partial charge < -0.3 is 0 Å². The quantitative estimate of drug-likeness (QED) is 0.777. The van der Waals surface area contributed by atoms with E-state index in [0.717, 1.165) is 16.7 Å². The van der Waals surface area contributed by atoms with Crippen molar-refractivity contribution in [3.05, 3.63) is 28.8 Å². The van der Waals surface area contributed by atoms with Gasteiger partial charge in [-0.1, -0.05) is 31.5 Å². The van der Waals surface area contributed by atoms with Crippen LogP contribution in [0, 0.1) is 26.7 Å². The van der Waals surface area contributed by atoms with Gasteiger partial charge in [-0.05, 0) is 37.8 Å². The third-order valence-electron chi connectivity index (χ3n) is 2.36. The first-order valence-corrected chi connectivity index (χ1v) is 7.06. The summed E-state index contributed by atoms with van der Waals surface area (Å²) in [7, 11) is -3.56. The second kappa shape index (κ2) is 5.00. The molecule has 1 rings (SSSR count). The molecule has 4 heteroatoms. The van der Waals surface area contributed by atoms with Crippen LogP contribution < -0.4 is 0 Å². The van der Waals surface area contributed by atoms with Gasteiger partial charge in [0.05, 0.1) is 4.90 Å². The minimum atomic E-state index is -3.56. The number of sulfonamides is 1. The van der Waals surface area contributed by atoms with Gasteiger partial charge in [-0.15, -0.1) is 0 Å². The van der Waals surface area contributed by atoms with Crippen LogP contribution in [0.4, 0.5) is 0 Å². The van der Waals surface area contributed by atoms with Crippen molar-refractivity contribution >= 4 is 16.2 Å². The van der Waals surface area contributed by atoms with Crippen LogP contribution in [0.25, 0.3) is 0 Å². The van der Waals surface area contributed by atoms with Crippen molar-refractivity contribution in [2.24, 2.45) is 10.3 Å². The number of rotatable bonds is 3. The van der Waals surface area contributed by atoms with Crippen LogP contribution in [-0.4, -0.2) is 14.6 Å². The second-order valence-corrected chi connectivity index (χ2v) is 6.27. The van der Waals surface area contributed by atoms with Crippen molar-refractivity contribution < 1.29 is 8.42 Å². The summed E-state index contributed by atoms with van der Waals surface area (Å²) in [5.74, 6) is 0.121. The van der Waals surface area contributed by atoms with Crippen LogP contribution in [0.5, 0.6) is 0 Å². The van der Waals surface area contributed by atoms with E-state index in [1.807, 2.05) is 32.9 Å². The van der Waals surface area contributed by atoms with Crippen molar-refractivity contribution in [2.75, 3.05) is 0 Å². The van der Waals surface area contributed by atoms with Gasteiger partial charge in [0.25, 0.3) is 10.0 Å². The summed E-state index contributed by atoms with van der Waals surface area (Å²) in [6.07, 6.45) is 1.47. The summed E-state index contributed by atoms with van der Waals surface area (Å²) >= 11 is 0. The lowest BCUT2D eigenvalue weighted by atomic mass is 10.1. The highest BCUT2D eigenvalue weighted by Crippen LogP contribution is 2.23. The molecule has 0 saturated carbocycles. The Hall–Kier alpha value is -1.16. The zero-order valence-corrected chi connectivity index (χ0v) is 11.8. The van der Waals surface area contributed by atoms with Gasteiger partial charge in [0, 0.05) is 6.21 Å². The number of hydrogen-bond donors (Lipinski definition) is 0. The Morgan fingerprint density at radius 3 is 2.00 bits per heavy atom. The van der Waals surface area contributed by atoms with E-state index in [2.05, 4.69) is 4.40 Å². The molecule has 17 heavy (non-hydrogen) atoms. The first kappa shape index (κ1) is 13.9. The Kier molecular flexibility index (Phi) is 4.09. The molecule has 0 aromatic heterocycles. The standard InChI is InChI=1S/C13H19NO2S/c1-9(2)8-14-17(15,16)13-11(4)6-10(3)7-12(13)5/h6-9H,1-5H3. The monoisotopic (exact) mass is 253 g/mol. The van der Waals surface area contributed by atoms with Gasteiger partial charge in [-0.2, -0.15) is 12.8 Å². The lowest BCUT2D eigenvalue weighted by molar-refractivity contribution is 0.596. The van der Waals surface area contributed by atoms with Gasteiger partial charge >= 0.3 is 0 Å². The smallest absolute Gasteiger partial charge is 0.199 e. The maximum Gasteiger partial charge on any atom is 0.282 e. The largest absolute Gasteiger partial charge is 0.282 e. The molecule has 0 aliphatic rings. The average Bonchev–Trinajstić information content (AvgIpc) is 2.12. The fourth-order valence-electron chi connectivity index (χ4n) is 1.83. The Labute approximate surface area is 104 Å². The fourth-order valence-corrected chi connectivity index (χ4v) is 3.27. The molecule has 0 N–H and O–H groups in total. The molecule has 0 heterocycles. The summed E-state index contributed by atoms with van der Waals surface area (Å²) < 4.78 is 27.9. The van der Waals surface area contributed by atoms with Crippen molar-refractivity contribution in [2.45, 2.75) is 39.5 Å². The van der Waals surface area contributed by atoms with E-state index in [9.17, 15) is 8.42 Å². The maximum absolute atomic E-state index is 12.1. The Morgan fingerprint density at radius 1 is 1.12 bits per heavy atom. The highest BCUT2D eigenvalue weighted by Gasteiger charge is 2.18. The van der Waals surface area contributed by atoms with Gasteiger partial charge in [-0.3, -0.25) is 0 Å². The zero-order valence-electron chi connectivity index (χ0n) is 11.0. The van der Waals surface area contributed by atoms with Crippen molar-refractivity contribution in [1.29, 1.82) is 0 Å². The van der Waals surface area contributed by atoms with Crippen molar-refractivity contribution in [3.8, 4) is 0 Å².